The largest absolute Gasteiger partial charge is 0.490 e. The average Bonchev–Trinajstić information content (AvgIpc) is 2.16. The van der Waals surface area contributed by atoms with Gasteiger partial charge in [-0.25, -0.2) is 0 Å². The van der Waals surface area contributed by atoms with Crippen molar-refractivity contribution in [1.82, 2.24) is 0 Å². The highest BCUT2D eigenvalue weighted by molar-refractivity contribution is 6.32. The molecule has 0 spiro atoms. The van der Waals surface area contributed by atoms with Gasteiger partial charge in [0.1, 0.15) is 0 Å². The Balaban J connectivity index is 3.27. The van der Waals surface area contributed by atoms with Crippen molar-refractivity contribution in [1.29, 1.82) is 0 Å². The predicted molar refractivity (Wildman–Crippen MR) is 57.8 cm³/mol. The summed E-state index contributed by atoms with van der Waals surface area (Å²) in [5.41, 5.74) is 1.66. The van der Waals surface area contributed by atoms with Crippen molar-refractivity contribution in [3.63, 3.8) is 0 Å². The number of hydrogen-bond donors (Lipinski definition) is 0. The first-order valence-electron chi connectivity index (χ1n) is 3.96. The summed E-state index contributed by atoms with van der Waals surface area (Å²) in [6.45, 7) is 7.45. The van der Waals surface area contributed by atoms with Crippen LogP contribution in [0.2, 0.25) is 10.0 Å². The maximum Gasteiger partial charge on any atom is 0.269 e. The summed E-state index contributed by atoms with van der Waals surface area (Å²) in [7, 11) is 1.54. The third-order valence-electron chi connectivity index (χ3n) is 1.83. The van der Waals surface area contributed by atoms with Crippen LogP contribution in [0.15, 0.2) is 31.4 Å². The van der Waals surface area contributed by atoms with Gasteiger partial charge in [-0.3, -0.25) is 0 Å². The van der Waals surface area contributed by atoms with Crippen molar-refractivity contribution in [3.8, 4) is 5.75 Å². The van der Waals surface area contributed by atoms with Crippen LogP contribution < -0.4 is 4.74 Å². The number of hydrogen-bond acceptors (Lipinski definition) is 1. The molecule has 0 radical (unpaired) electrons. The Morgan fingerprint density at radius 1 is 1.57 bits per heavy atom. The Bertz CT molecular complexity index is 360. The van der Waals surface area contributed by atoms with E-state index in [0.29, 0.717) is 15.8 Å². The molecule has 14 heavy (non-hydrogen) atoms. The maximum atomic E-state index is 5.97. The minimum atomic E-state index is 0.498. The second-order valence-corrected chi connectivity index (χ2v) is 3.57. The van der Waals surface area contributed by atoms with E-state index < -0.39 is 0 Å². The molecule has 0 atom stereocenters. The normalized spacial score (nSPS) is 9.64. The summed E-state index contributed by atoms with van der Waals surface area (Å²) in [6, 6.07) is 3.56. The van der Waals surface area contributed by atoms with Crippen molar-refractivity contribution in [2.75, 3.05) is 7.11 Å². The van der Waals surface area contributed by atoms with E-state index >= 15 is 0 Å². The molecular weight excluding hydrogens is 219 g/mol. The molecule has 0 saturated carbocycles. The number of halogens is 2. The molecule has 0 amide bonds. The molecule has 0 saturated heterocycles. The summed E-state index contributed by atoms with van der Waals surface area (Å²) >= 11 is 11.1. The van der Waals surface area contributed by atoms with Crippen molar-refractivity contribution in [2.45, 2.75) is 0 Å². The zero-order valence-electron chi connectivity index (χ0n) is 7.84. The van der Waals surface area contributed by atoms with Crippen LogP contribution in [0, 0.1) is 11.6 Å². The molecule has 0 bridgehead atoms. The third kappa shape index (κ3) is 2.11. The van der Waals surface area contributed by atoms with E-state index in [-0.39, 0.29) is 0 Å². The maximum absolute atomic E-state index is 5.97. The minimum Gasteiger partial charge on any atom is -0.490 e. The Morgan fingerprint density at radius 2 is 2.21 bits per heavy atom. The predicted octanol–water partition coefficient (Wildman–Crippen LogP) is 3.24. The van der Waals surface area contributed by atoms with Crippen LogP contribution >= 0.6 is 11.6 Å². The number of ether oxygens (including phenoxy) is 1. The molecule has 0 unspecified atom stereocenters. The second kappa shape index (κ2) is 4.54. The summed E-state index contributed by atoms with van der Waals surface area (Å²) in [5, 5.41) is 1.08. The van der Waals surface area contributed by atoms with Gasteiger partial charge >= 0.3 is 0 Å². The summed E-state index contributed by atoms with van der Waals surface area (Å²) < 4.78 is 5.05. The first-order chi connectivity index (χ1) is 6.60. The quantitative estimate of drug-likeness (QED) is 0.724. The van der Waals surface area contributed by atoms with E-state index in [1.807, 2.05) is 0 Å². The summed E-state index contributed by atoms with van der Waals surface area (Å²) in [4.78, 5) is 0. The fraction of sp³-hybridized carbons (Fsp3) is 0.0909. The van der Waals surface area contributed by atoms with Gasteiger partial charge in [0.05, 0.1) is 12.1 Å². The van der Waals surface area contributed by atoms with E-state index in [1.165, 1.54) is 0 Å². The Hall–Kier alpha value is -0.920. The van der Waals surface area contributed by atoms with Crippen LogP contribution in [0.3, 0.4) is 0 Å². The Morgan fingerprint density at radius 3 is 2.64 bits per heavy atom. The number of rotatable bonds is 3. The van der Waals surface area contributed by atoms with Gasteiger partial charge < -0.3 is 4.74 Å². The molecule has 1 rings (SSSR count). The lowest BCUT2D eigenvalue weighted by Crippen LogP contribution is -1.89. The van der Waals surface area contributed by atoms with Gasteiger partial charge in [0, 0.05) is 6.07 Å². The molecular formula is C11H11Cl2O+. The molecule has 1 aromatic carbocycles. The van der Waals surface area contributed by atoms with Gasteiger partial charge in [-0.15, -0.1) is 0 Å². The molecule has 0 aliphatic carbocycles. The van der Waals surface area contributed by atoms with Crippen LogP contribution in [0.1, 0.15) is 5.56 Å². The SMILES string of the molecule is C=CC(=C)c1cc(Cl)c(OC)c([ClH+])c1. The van der Waals surface area contributed by atoms with Gasteiger partial charge in [-0.05, 0) is 17.2 Å². The number of benzene rings is 1. The van der Waals surface area contributed by atoms with Gasteiger partial charge in [-0.1, -0.05) is 30.8 Å². The zero-order valence-corrected chi connectivity index (χ0v) is 9.41. The highest BCUT2D eigenvalue weighted by atomic mass is 35.5. The van der Waals surface area contributed by atoms with E-state index in [0.717, 1.165) is 11.1 Å². The van der Waals surface area contributed by atoms with Gasteiger partial charge in [0.2, 0.25) is 5.75 Å². The van der Waals surface area contributed by atoms with E-state index in [1.54, 1.807) is 25.3 Å². The average molecular weight is 230 g/mol. The van der Waals surface area contributed by atoms with Crippen molar-refractivity contribution in [2.24, 2.45) is 0 Å². The molecule has 1 nitrogen and oxygen atoms in total. The molecule has 0 aromatic heterocycles. The Kier molecular flexibility index (Phi) is 3.62. The molecule has 74 valence electrons. The van der Waals surface area contributed by atoms with Crippen LogP contribution in [0.4, 0.5) is 0 Å². The van der Waals surface area contributed by atoms with Gasteiger partial charge in [0.25, 0.3) is 5.02 Å². The summed E-state index contributed by atoms with van der Waals surface area (Å²) in [5.74, 6) is 0.530. The van der Waals surface area contributed by atoms with Gasteiger partial charge in [-0.2, -0.15) is 0 Å². The fourth-order valence-corrected chi connectivity index (χ4v) is 1.74. The lowest BCUT2D eigenvalue weighted by Gasteiger charge is -2.04. The monoisotopic (exact) mass is 229 g/mol. The third-order valence-corrected chi connectivity index (χ3v) is 2.41. The highest BCUT2D eigenvalue weighted by Crippen LogP contribution is 2.32. The highest BCUT2D eigenvalue weighted by Gasteiger charge is 2.14. The van der Waals surface area contributed by atoms with Crippen LogP contribution in [-0.4, -0.2) is 7.11 Å². The fourth-order valence-electron chi connectivity index (χ4n) is 1.07. The lowest BCUT2D eigenvalue weighted by atomic mass is 10.1. The number of allylic oxidation sites excluding steroid dienone is 2. The van der Waals surface area contributed by atoms with Gasteiger partial charge in [0.15, 0.2) is 11.6 Å². The van der Waals surface area contributed by atoms with Crippen LogP contribution in [-0.2, 0) is 0 Å². The molecule has 3 heteroatoms. The smallest absolute Gasteiger partial charge is 0.269 e. The molecule has 0 N–H and O–H groups in total. The Labute approximate surface area is 93.6 Å². The van der Waals surface area contributed by atoms with Crippen molar-refractivity contribution < 1.29 is 16.3 Å². The summed E-state index contributed by atoms with van der Waals surface area (Å²) in [6.07, 6.45) is 1.66. The molecule has 0 aliphatic rings. The zero-order chi connectivity index (χ0) is 10.7. The van der Waals surface area contributed by atoms with Crippen molar-refractivity contribution >= 4 is 17.2 Å². The van der Waals surface area contributed by atoms with Crippen molar-refractivity contribution in [3.05, 3.63) is 47.0 Å². The topological polar surface area (TPSA) is 9.23 Å². The second-order valence-electron chi connectivity index (χ2n) is 2.72. The van der Waals surface area contributed by atoms with Crippen LogP contribution in [0.5, 0.6) is 5.75 Å². The molecule has 1 aromatic rings. The number of methoxy groups -OCH3 is 1. The van der Waals surface area contributed by atoms with E-state index in [9.17, 15) is 0 Å². The minimum absolute atomic E-state index is 0.498. The van der Waals surface area contributed by atoms with E-state index in [4.69, 9.17) is 27.9 Å². The standard InChI is InChI=1S/C11H11Cl2O/c1-4-7(2)8-5-9(12)11(14-3)10(13)6-8/h4-6,12H,1-2H2,3H3/q+1. The molecule has 0 aliphatic heterocycles. The first kappa shape index (κ1) is 11.2. The van der Waals surface area contributed by atoms with Crippen LogP contribution in [0.25, 0.3) is 5.57 Å². The molecule has 0 heterocycles. The van der Waals surface area contributed by atoms with E-state index in [2.05, 4.69) is 13.2 Å². The lowest BCUT2D eigenvalue weighted by molar-refractivity contribution is -0.290. The first-order valence-corrected chi connectivity index (χ1v) is 4.75. The molecule has 0 fully saturated rings.